The number of benzene rings is 1. The van der Waals surface area contributed by atoms with Crippen molar-refractivity contribution >= 4 is 23.7 Å². The number of para-hydroxylation sites is 1. The van der Waals surface area contributed by atoms with E-state index in [1.54, 1.807) is 36.1 Å². The third-order valence-electron chi connectivity index (χ3n) is 3.21. The smallest absolute Gasteiger partial charge is 0.413 e. The summed E-state index contributed by atoms with van der Waals surface area (Å²) in [5.41, 5.74) is 1.37. The van der Waals surface area contributed by atoms with E-state index >= 15 is 0 Å². The van der Waals surface area contributed by atoms with E-state index in [4.69, 9.17) is 0 Å². The Balaban J connectivity index is 2.07. The van der Waals surface area contributed by atoms with E-state index in [1.807, 2.05) is 0 Å². The molecule has 0 aliphatic carbocycles. The van der Waals surface area contributed by atoms with E-state index in [-0.39, 0.29) is 19.7 Å². The lowest BCUT2D eigenvalue weighted by Gasteiger charge is -2.18. The summed E-state index contributed by atoms with van der Waals surface area (Å²) in [5, 5.41) is 11.3. The van der Waals surface area contributed by atoms with E-state index in [0.717, 1.165) is 0 Å². The zero-order valence-electron chi connectivity index (χ0n) is 11.5. The fourth-order valence-electron chi connectivity index (χ4n) is 2.34. The Hall–Kier alpha value is -2.57. The van der Waals surface area contributed by atoms with Gasteiger partial charge in [-0.05, 0) is 18.6 Å². The second kappa shape index (κ2) is 6.25. The Morgan fingerprint density at radius 3 is 2.76 bits per heavy atom. The van der Waals surface area contributed by atoms with Crippen LogP contribution in [0.1, 0.15) is 18.4 Å². The topological polar surface area (TPSA) is 95.9 Å². The minimum atomic E-state index is -0.934. The molecule has 1 aliphatic rings. The molecule has 7 nitrogen and oxygen atoms in total. The molecule has 21 heavy (non-hydrogen) atoms. The molecule has 2 amide bonds. The molecule has 2 rings (SSSR count). The molecular formula is C14H16N2O5. The van der Waals surface area contributed by atoms with Crippen molar-refractivity contribution in [2.75, 3.05) is 24.6 Å². The van der Waals surface area contributed by atoms with E-state index in [1.165, 1.54) is 0 Å². The van der Waals surface area contributed by atoms with Crippen LogP contribution in [0.3, 0.4) is 0 Å². The number of carbonyl (C=O) groups is 3. The first-order valence-electron chi connectivity index (χ1n) is 6.56. The van der Waals surface area contributed by atoms with Crippen LogP contribution in [0.5, 0.6) is 0 Å². The Morgan fingerprint density at radius 2 is 2.10 bits per heavy atom. The highest BCUT2D eigenvalue weighted by Gasteiger charge is 2.34. The van der Waals surface area contributed by atoms with Crippen molar-refractivity contribution in [3.8, 4) is 0 Å². The van der Waals surface area contributed by atoms with Crippen LogP contribution >= 0.6 is 0 Å². The van der Waals surface area contributed by atoms with Gasteiger partial charge in [-0.15, -0.1) is 0 Å². The van der Waals surface area contributed by atoms with Crippen LogP contribution in [0.15, 0.2) is 24.3 Å². The molecule has 112 valence electrons. The normalized spacial score (nSPS) is 16.2. The molecule has 1 atom stereocenters. The predicted molar refractivity (Wildman–Crippen MR) is 74.2 cm³/mol. The number of alkyl carbamates (subject to hydrolysis) is 1. The molecule has 2 N–H and O–H groups in total. The molecule has 0 spiro atoms. The molecule has 1 unspecified atom stereocenters. The molecule has 0 radical (unpaired) electrons. The summed E-state index contributed by atoms with van der Waals surface area (Å²) in [6, 6.07) is 7.03. The van der Waals surface area contributed by atoms with Gasteiger partial charge in [0.1, 0.15) is 5.92 Å². The van der Waals surface area contributed by atoms with Gasteiger partial charge in [-0.3, -0.25) is 14.9 Å². The van der Waals surface area contributed by atoms with E-state index in [2.05, 4.69) is 10.1 Å². The van der Waals surface area contributed by atoms with Gasteiger partial charge in [-0.1, -0.05) is 18.2 Å². The van der Waals surface area contributed by atoms with Crippen LogP contribution < -0.4 is 10.2 Å². The first-order chi connectivity index (χ1) is 10.0. The van der Waals surface area contributed by atoms with Gasteiger partial charge in [0.05, 0.1) is 13.2 Å². The SMILES string of the molecule is CCOC(=O)NC(=O)CN1CC(C(=O)O)c2ccccc21. The highest BCUT2D eigenvalue weighted by Crippen LogP contribution is 2.35. The fraction of sp³-hybridized carbons (Fsp3) is 0.357. The molecule has 0 saturated heterocycles. The Kier molecular flexibility index (Phi) is 4.42. The van der Waals surface area contributed by atoms with Crippen LogP contribution in [0.4, 0.5) is 10.5 Å². The average molecular weight is 292 g/mol. The highest BCUT2D eigenvalue weighted by molar-refractivity contribution is 5.95. The number of nitrogens with one attached hydrogen (secondary N) is 1. The monoisotopic (exact) mass is 292 g/mol. The van der Waals surface area contributed by atoms with Gasteiger partial charge in [-0.2, -0.15) is 0 Å². The zero-order chi connectivity index (χ0) is 15.4. The molecule has 0 saturated carbocycles. The first-order valence-corrected chi connectivity index (χ1v) is 6.56. The van der Waals surface area contributed by atoms with Crippen molar-refractivity contribution in [2.24, 2.45) is 0 Å². The van der Waals surface area contributed by atoms with Gasteiger partial charge in [-0.25, -0.2) is 4.79 Å². The van der Waals surface area contributed by atoms with Gasteiger partial charge >= 0.3 is 12.1 Å². The van der Waals surface area contributed by atoms with Crippen LogP contribution in [0.25, 0.3) is 0 Å². The zero-order valence-corrected chi connectivity index (χ0v) is 11.5. The number of hydrogen-bond acceptors (Lipinski definition) is 5. The lowest BCUT2D eigenvalue weighted by molar-refractivity contribution is -0.138. The summed E-state index contributed by atoms with van der Waals surface area (Å²) in [6.45, 7) is 1.91. The van der Waals surface area contributed by atoms with E-state index < -0.39 is 23.9 Å². The Morgan fingerprint density at radius 1 is 1.38 bits per heavy atom. The van der Waals surface area contributed by atoms with Gasteiger partial charge < -0.3 is 14.7 Å². The standard InChI is InChI=1S/C14H16N2O5/c1-2-21-14(20)15-12(17)8-16-7-10(13(18)19)9-5-3-4-6-11(9)16/h3-6,10H,2,7-8H2,1H3,(H,18,19)(H,15,17,20). The molecule has 1 heterocycles. The number of aliphatic carboxylic acids is 1. The van der Waals surface area contributed by atoms with Crippen LogP contribution in [-0.2, 0) is 14.3 Å². The number of carboxylic acids is 1. The molecule has 1 aromatic rings. The molecular weight excluding hydrogens is 276 g/mol. The summed E-state index contributed by atoms with van der Waals surface area (Å²) >= 11 is 0. The molecule has 1 aromatic carbocycles. The summed E-state index contributed by atoms with van der Waals surface area (Å²) in [5.74, 6) is -2.14. The van der Waals surface area contributed by atoms with Gasteiger partial charge in [0, 0.05) is 12.2 Å². The number of hydrogen-bond donors (Lipinski definition) is 2. The molecule has 0 bridgehead atoms. The van der Waals surface area contributed by atoms with Crippen LogP contribution in [0.2, 0.25) is 0 Å². The number of carbonyl (C=O) groups excluding carboxylic acids is 2. The predicted octanol–water partition coefficient (Wildman–Crippen LogP) is 0.948. The maximum Gasteiger partial charge on any atom is 0.413 e. The van der Waals surface area contributed by atoms with Crippen LogP contribution in [-0.4, -0.2) is 42.8 Å². The fourth-order valence-corrected chi connectivity index (χ4v) is 2.34. The van der Waals surface area contributed by atoms with Crippen molar-refractivity contribution in [3.63, 3.8) is 0 Å². The van der Waals surface area contributed by atoms with Crippen molar-refractivity contribution in [1.29, 1.82) is 0 Å². The number of fused-ring (bicyclic) bond motifs is 1. The largest absolute Gasteiger partial charge is 0.481 e. The molecule has 0 aromatic heterocycles. The summed E-state index contributed by atoms with van der Waals surface area (Å²) in [4.78, 5) is 35.8. The van der Waals surface area contributed by atoms with E-state index in [0.29, 0.717) is 11.3 Å². The van der Waals surface area contributed by atoms with Crippen molar-refractivity contribution in [1.82, 2.24) is 5.32 Å². The molecule has 7 heteroatoms. The maximum absolute atomic E-state index is 11.8. The molecule has 1 aliphatic heterocycles. The Bertz CT molecular complexity index is 572. The minimum absolute atomic E-state index is 0.0976. The van der Waals surface area contributed by atoms with Crippen molar-refractivity contribution in [2.45, 2.75) is 12.8 Å². The second-order valence-electron chi connectivity index (χ2n) is 4.60. The highest BCUT2D eigenvalue weighted by atomic mass is 16.5. The lowest BCUT2D eigenvalue weighted by Crippen LogP contribution is -2.40. The number of carboxylic acid groups (broad SMARTS) is 1. The number of rotatable bonds is 4. The van der Waals surface area contributed by atoms with Gasteiger partial charge in [0.25, 0.3) is 0 Å². The maximum atomic E-state index is 11.8. The number of imide groups is 1. The van der Waals surface area contributed by atoms with Crippen molar-refractivity contribution < 1.29 is 24.2 Å². The van der Waals surface area contributed by atoms with Crippen molar-refractivity contribution in [3.05, 3.63) is 29.8 Å². The molecule has 0 fully saturated rings. The summed E-state index contributed by atoms with van der Waals surface area (Å²) in [6.07, 6.45) is -0.801. The van der Waals surface area contributed by atoms with E-state index in [9.17, 15) is 19.5 Å². The third-order valence-corrected chi connectivity index (χ3v) is 3.21. The second-order valence-corrected chi connectivity index (χ2v) is 4.60. The number of amides is 2. The van der Waals surface area contributed by atoms with Gasteiger partial charge in [0.2, 0.25) is 5.91 Å². The average Bonchev–Trinajstić information content (AvgIpc) is 2.78. The Labute approximate surface area is 121 Å². The minimum Gasteiger partial charge on any atom is -0.481 e. The summed E-state index contributed by atoms with van der Waals surface area (Å²) in [7, 11) is 0. The number of ether oxygens (including phenoxy) is 1. The quantitative estimate of drug-likeness (QED) is 0.857. The number of nitrogens with zero attached hydrogens (tertiary/aromatic N) is 1. The first kappa shape index (κ1) is 14.8. The van der Waals surface area contributed by atoms with Crippen LogP contribution in [0, 0.1) is 0 Å². The third kappa shape index (κ3) is 3.31. The summed E-state index contributed by atoms with van der Waals surface area (Å²) < 4.78 is 4.62. The lowest BCUT2D eigenvalue weighted by atomic mass is 10.0. The van der Waals surface area contributed by atoms with Gasteiger partial charge in [0.15, 0.2) is 0 Å². The number of anilines is 1.